The molecular weight excluding hydrogens is 490 g/mol. The maximum absolute atomic E-state index is 13.7. The SMILES string of the molecule is COc1ccccc1C(=O)COC(=O)c1cccc(S(=O)(=O)N(Cc2ccccc2)c2ccccc2)c1. The lowest BCUT2D eigenvalue weighted by molar-refractivity contribution is 0.0473. The first kappa shape index (κ1) is 25.7. The first-order valence-corrected chi connectivity index (χ1v) is 12.9. The van der Waals surface area contributed by atoms with Crippen LogP contribution in [-0.2, 0) is 21.3 Å². The normalized spacial score (nSPS) is 10.9. The highest BCUT2D eigenvalue weighted by molar-refractivity contribution is 7.92. The molecule has 7 nitrogen and oxygen atoms in total. The molecule has 0 bridgehead atoms. The first-order valence-electron chi connectivity index (χ1n) is 11.5. The third-order valence-electron chi connectivity index (χ3n) is 5.61. The number of methoxy groups -OCH3 is 1. The van der Waals surface area contributed by atoms with Gasteiger partial charge in [-0.15, -0.1) is 0 Å². The molecule has 0 spiro atoms. The standard InChI is InChI=1S/C29H25NO6S/c1-35-28-18-9-8-17-26(28)27(31)21-36-29(32)23-13-10-16-25(19-23)37(33,34)30(24-14-6-3-7-15-24)20-22-11-4-2-5-12-22/h2-19H,20-21H2,1H3. The summed E-state index contributed by atoms with van der Waals surface area (Å²) in [5, 5.41) is 0. The predicted octanol–water partition coefficient (Wildman–Crippen LogP) is 5.13. The van der Waals surface area contributed by atoms with E-state index < -0.39 is 28.4 Å². The van der Waals surface area contributed by atoms with Crippen LogP contribution < -0.4 is 9.04 Å². The van der Waals surface area contributed by atoms with E-state index >= 15 is 0 Å². The predicted molar refractivity (Wildman–Crippen MR) is 140 cm³/mol. The van der Waals surface area contributed by atoms with Gasteiger partial charge in [-0.25, -0.2) is 13.2 Å². The summed E-state index contributed by atoms with van der Waals surface area (Å²) in [5.74, 6) is -0.877. The maximum Gasteiger partial charge on any atom is 0.338 e. The Morgan fingerprint density at radius 1 is 0.784 bits per heavy atom. The number of hydrogen-bond acceptors (Lipinski definition) is 6. The summed E-state index contributed by atoms with van der Waals surface area (Å²) in [6, 6.07) is 30.2. The van der Waals surface area contributed by atoms with Gasteiger partial charge in [0.25, 0.3) is 10.0 Å². The van der Waals surface area contributed by atoms with Crippen LogP contribution in [0.2, 0.25) is 0 Å². The number of ketones is 1. The lowest BCUT2D eigenvalue weighted by atomic mass is 10.1. The van der Waals surface area contributed by atoms with E-state index in [0.717, 1.165) is 5.56 Å². The van der Waals surface area contributed by atoms with Gasteiger partial charge >= 0.3 is 5.97 Å². The number of carbonyl (C=O) groups excluding carboxylic acids is 2. The highest BCUT2D eigenvalue weighted by Crippen LogP contribution is 2.26. The number of Topliss-reactive ketones (excluding diaryl/α,β-unsaturated/α-hetero) is 1. The molecule has 0 fully saturated rings. The van der Waals surface area contributed by atoms with Crippen LogP contribution in [0.1, 0.15) is 26.3 Å². The molecular formula is C29H25NO6S. The van der Waals surface area contributed by atoms with Crippen LogP contribution in [0.15, 0.2) is 114 Å². The number of benzene rings is 4. The summed E-state index contributed by atoms with van der Waals surface area (Å²) in [6.07, 6.45) is 0. The van der Waals surface area contributed by atoms with Crippen molar-refractivity contribution in [2.75, 3.05) is 18.0 Å². The number of hydrogen-bond donors (Lipinski definition) is 0. The molecule has 0 N–H and O–H groups in total. The zero-order chi connectivity index (χ0) is 26.3. The zero-order valence-corrected chi connectivity index (χ0v) is 20.9. The Morgan fingerprint density at radius 3 is 2.14 bits per heavy atom. The highest BCUT2D eigenvalue weighted by atomic mass is 32.2. The van der Waals surface area contributed by atoms with Crippen LogP contribution in [0, 0.1) is 0 Å². The van der Waals surface area contributed by atoms with Gasteiger partial charge in [0.15, 0.2) is 6.61 Å². The second-order valence-corrected chi connectivity index (χ2v) is 9.92. The Labute approximate surface area is 215 Å². The van der Waals surface area contributed by atoms with E-state index in [1.807, 2.05) is 30.3 Å². The fourth-order valence-corrected chi connectivity index (χ4v) is 5.24. The topological polar surface area (TPSA) is 90.0 Å². The maximum atomic E-state index is 13.7. The van der Waals surface area contributed by atoms with Crippen molar-refractivity contribution in [3.05, 3.63) is 126 Å². The largest absolute Gasteiger partial charge is 0.496 e. The molecule has 4 rings (SSSR count). The smallest absolute Gasteiger partial charge is 0.338 e. The molecule has 0 saturated carbocycles. The number of sulfonamides is 1. The number of rotatable bonds is 10. The Bertz CT molecular complexity index is 1490. The van der Waals surface area contributed by atoms with E-state index in [1.165, 1.54) is 35.7 Å². The fraction of sp³-hybridized carbons (Fsp3) is 0.103. The van der Waals surface area contributed by atoms with Crippen molar-refractivity contribution in [2.45, 2.75) is 11.4 Å². The van der Waals surface area contributed by atoms with Crippen LogP contribution in [0.25, 0.3) is 0 Å². The minimum Gasteiger partial charge on any atom is -0.496 e. The molecule has 4 aromatic carbocycles. The summed E-state index contributed by atoms with van der Waals surface area (Å²) in [4.78, 5) is 25.2. The Morgan fingerprint density at radius 2 is 1.43 bits per heavy atom. The molecule has 0 unspecified atom stereocenters. The minimum absolute atomic E-state index is 0.0154. The summed E-state index contributed by atoms with van der Waals surface area (Å²) in [7, 11) is -2.60. The van der Waals surface area contributed by atoms with E-state index in [0.29, 0.717) is 11.4 Å². The molecule has 188 valence electrons. The van der Waals surface area contributed by atoms with Crippen molar-refractivity contribution in [1.29, 1.82) is 0 Å². The highest BCUT2D eigenvalue weighted by Gasteiger charge is 2.26. The number of nitrogens with zero attached hydrogens (tertiary/aromatic N) is 1. The number of ether oxygens (including phenoxy) is 2. The zero-order valence-electron chi connectivity index (χ0n) is 20.1. The van der Waals surface area contributed by atoms with Gasteiger partial charge in [-0.2, -0.15) is 0 Å². The van der Waals surface area contributed by atoms with Crippen molar-refractivity contribution >= 4 is 27.5 Å². The van der Waals surface area contributed by atoms with E-state index in [-0.39, 0.29) is 22.6 Å². The molecule has 0 saturated heterocycles. The van der Waals surface area contributed by atoms with Gasteiger partial charge in [0.05, 0.1) is 35.4 Å². The monoisotopic (exact) mass is 515 g/mol. The van der Waals surface area contributed by atoms with Gasteiger partial charge in [0.1, 0.15) is 5.75 Å². The quantitative estimate of drug-likeness (QED) is 0.215. The van der Waals surface area contributed by atoms with Crippen molar-refractivity contribution in [1.82, 2.24) is 0 Å². The van der Waals surface area contributed by atoms with Crippen molar-refractivity contribution in [2.24, 2.45) is 0 Å². The van der Waals surface area contributed by atoms with Gasteiger partial charge in [-0.3, -0.25) is 9.10 Å². The van der Waals surface area contributed by atoms with Crippen LogP contribution >= 0.6 is 0 Å². The molecule has 0 aromatic heterocycles. The second-order valence-electron chi connectivity index (χ2n) is 8.06. The molecule has 0 aliphatic rings. The Balaban J connectivity index is 1.57. The molecule has 0 aliphatic carbocycles. The van der Waals surface area contributed by atoms with Gasteiger partial charge < -0.3 is 9.47 Å². The van der Waals surface area contributed by atoms with Crippen LogP contribution in [-0.4, -0.2) is 33.9 Å². The molecule has 37 heavy (non-hydrogen) atoms. The molecule has 4 aromatic rings. The van der Waals surface area contributed by atoms with Gasteiger partial charge in [0.2, 0.25) is 5.78 Å². The molecule has 0 atom stereocenters. The third kappa shape index (κ3) is 6.05. The lowest BCUT2D eigenvalue weighted by Crippen LogP contribution is -2.30. The van der Waals surface area contributed by atoms with Crippen LogP contribution in [0.4, 0.5) is 5.69 Å². The Hall–Kier alpha value is -4.43. The number of para-hydroxylation sites is 2. The summed E-state index contributed by atoms with van der Waals surface area (Å²) >= 11 is 0. The molecule has 0 amide bonds. The van der Waals surface area contributed by atoms with Crippen molar-refractivity contribution in [3.63, 3.8) is 0 Å². The van der Waals surface area contributed by atoms with E-state index in [4.69, 9.17) is 9.47 Å². The number of anilines is 1. The lowest BCUT2D eigenvalue weighted by Gasteiger charge is -2.25. The average molecular weight is 516 g/mol. The first-order chi connectivity index (χ1) is 17.9. The molecule has 8 heteroatoms. The average Bonchev–Trinajstić information content (AvgIpc) is 2.95. The second kappa shape index (κ2) is 11.5. The van der Waals surface area contributed by atoms with E-state index in [2.05, 4.69) is 0 Å². The Kier molecular flexibility index (Phi) is 8.00. The van der Waals surface area contributed by atoms with E-state index in [9.17, 15) is 18.0 Å². The van der Waals surface area contributed by atoms with Gasteiger partial charge in [-0.1, -0.05) is 66.7 Å². The minimum atomic E-state index is -4.05. The van der Waals surface area contributed by atoms with E-state index in [1.54, 1.807) is 54.6 Å². The van der Waals surface area contributed by atoms with Crippen LogP contribution in [0.3, 0.4) is 0 Å². The van der Waals surface area contributed by atoms with Gasteiger partial charge in [-0.05, 0) is 48.0 Å². The van der Waals surface area contributed by atoms with Crippen LogP contribution in [0.5, 0.6) is 5.75 Å². The number of esters is 1. The van der Waals surface area contributed by atoms with Crippen molar-refractivity contribution in [3.8, 4) is 5.75 Å². The fourth-order valence-electron chi connectivity index (χ4n) is 3.74. The summed E-state index contributed by atoms with van der Waals surface area (Å²) in [5.41, 5.74) is 1.59. The summed E-state index contributed by atoms with van der Waals surface area (Å²) < 4.78 is 39.1. The molecule has 0 radical (unpaired) electrons. The molecule has 0 heterocycles. The summed E-state index contributed by atoms with van der Waals surface area (Å²) in [6.45, 7) is -0.407. The van der Waals surface area contributed by atoms with Crippen molar-refractivity contribution < 1.29 is 27.5 Å². The number of carbonyl (C=O) groups is 2. The third-order valence-corrected chi connectivity index (χ3v) is 7.38. The molecule has 0 aliphatic heterocycles. The van der Waals surface area contributed by atoms with Gasteiger partial charge in [0, 0.05) is 0 Å².